The first-order chi connectivity index (χ1) is 14.5. The van der Waals surface area contributed by atoms with Crippen molar-refractivity contribution in [1.29, 1.82) is 0 Å². The molecule has 2 aromatic carbocycles. The predicted octanol–water partition coefficient (Wildman–Crippen LogP) is 5.70. The van der Waals surface area contributed by atoms with Gasteiger partial charge in [-0.3, -0.25) is 4.68 Å². The Hall–Kier alpha value is -3.29. The molecule has 0 aliphatic heterocycles. The average Bonchev–Trinajstić information content (AvgIpc) is 3.25. The number of fused-ring (bicyclic) bond motifs is 2. The fourth-order valence-corrected chi connectivity index (χ4v) is 3.80. The van der Waals surface area contributed by atoms with E-state index >= 15 is 0 Å². The van der Waals surface area contributed by atoms with E-state index in [4.69, 9.17) is 27.9 Å². The van der Waals surface area contributed by atoms with Gasteiger partial charge in [0.1, 0.15) is 28.5 Å². The molecule has 3 heterocycles. The highest BCUT2D eigenvalue weighted by Gasteiger charge is 2.13. The maximum atomic E-state index is 6.51. The van der Waals surface area contributed by atoms with Crippen molar-refractivity contribution in [2.75, 3.05) is 5.32 Å². The summed E-state index contributed by atoms with van der Waals surface area (Å²) in [5.41, 5.74) is 3.32. The maximum absolute atomic E-state index is 6.51. The van der Waals surface area contributed by atoms with Gasteiger partial charge in [-0.25, -0.2) is 9.97 Å². The van der Waals surface area contributed by atoms with Crippen molar-refractivity contribution in [3.8, 4) is 11.5 Å². The highest BCUT2D eigenvalue weighted by atomic mass is 35.5. The third kappa shape index (κ3) is 3.12. The summed E-state index contributed by atoms with van der Waals surface area (Å²) in [6.45, 7) is 0. The summed E-state index contributed by atoms with van der Waals surface area (Å²) in [6, 6.07) is 13.1. The largest absolute Gasteiger partial charge is 0.455 e. The Morgan fingerprint density at radius 1 is 1.00 bits per heavy atom. The van der Waals surface area contributed by atoms with Crippen molar-refractivity contribution in [3.05, 3.63) is 65.2 Å². The monoisotopic (exact) mass is 438 g/mol. The Bertz CT molecular complexity index is 1410. The number of nitrogens with one attached hydrogen (secondary N) is 1. The summed E-state index contributed by atoms with van der Waals surface area (Å²) in [4.78, 5) is 8.61. The standard InChI is InChI=1S/C21H16Cl2N6O/c1-28-19(23)9-15-20(28)21(25-11-24-15)27-12-6-7-18(14(22)8-12)30-17-5-3-4-16-13(17)10-26-29(16)2/h3-11H,1-2H3,(H,24,25,27). The summed E-state index contributed by atoms with van der Waals surface area (Å²) in [5, 5.41) is 9.54. The van der Waals surface area contributed by atoms with Crippen LogP contribution in [0, 0.1) is 0 Å². The van der Waals surface area contributed by atoms with Gasteiger partial charge in [-0.15, -0.1) is 0 Å². The van der Waals surface area contributed by atoms with Crippen molar-refractivity contribution in [1.82, 2.24) is 24.3 Å². The number of halogens is 2. The lowest BCUT2D eigenvalue weighted by atomic mass is 10.2. The van der Waals surface area contributed by atoms with Crippen molar-refractivity contribution < 1.29 is 4.74 Å². The topological polar surface area (TPSA) is 69.8 Å². The fourth-order valence-electron chi connectivity index (χ4n) is 3.39. The second kappa shape index (κ2) is 7.19. The van der Waals surface area contributed by atoms with Crippen LogP contribution in [0.5, 0.6) is 11.5 Å². The van der Waals surface area contributed by atoms with E-state index in [-0.39, 0.29) is 0 Å². The fraction of sp³-hybridized carbons (Fsp3) is 0.0952. The summed E-state index contributed by atoms with van der Waals surface area (Å²) in [6.07, 6.45) is 3.27. The van der Waals surface area contributed by atoms with E-state index in [2.05, 4.69) is 20.4 Å². The van der Waals surface area contributed by atoms with Crippen LogP contribution in [0.4, 0.5) is 11.5 Å². The first-order valence-electron chi connectivity index (χ1n) is 9.12. The van der Waals surface area contributed by atoms with Gasteiger partial charge in [0.05, 0.1) is 27.6 Å². The first-order valence-corrected chi connectivity index (χ1v) is 9.88. The molecule has 0 bridgehead atoms. The van der Waals surface area contributed by atoms with Crippen molar-refractivity contribution in [3.63, 3.8) is 0 Å². The van der Waals surface area contributed by atoms with Gasteiger partial charge in [-0.1, -0.05) is 29.3 Å². The number of hydrogen-bond acceptors (Lipinski definition) is 5. The second-order valence-corrected chi connectivity index (χ2v) is 7.61. The van der Waals surface area contributed by atoms with E-state index in [1.165, 1.54) is 6.33 Å². The van der Waals surface area contributed by atoms with Crippen LogP contribution >= 0.6 is 23.2 Å². The highest BCUT2D eigenvalue weighted by molar-refractivity contribution is 6.32. The molecule has 0 saturated carbocycles. The van der Waals surface area contributed by atoms with Gasteiger partial charge in [0, 0.05) is 25.8 Å². The Morgan fingerprint density at radius 3 is 2.70 bits per heavy atom. The molecule has 0 atom stereocenters. The van der Waals surface area contributed by atoms with E-state index in [0.717, 1.165) is 27.6 Å². The summed E-state index contributed by atoms with van der Waals surface area (Å²) in [5.74, 6) is 1.88. The molecule has 0 unspecified atom stereocenters. The van der Waals surface area contributed by atoms with Gasteiger partial charge >= 0.3 is 0 Å². The van der Waals surface area contributed by atoms with Crippen LogP contribution in [0.1, 0.15) is 0 Å². The number of anilines is 2. The minimum atomic E-state index is 0.469. The van der Waals surface area contributed by atoms with Gasteiger partial charge in [0.2, 0.25) is 0 Å². The van der Waals surface area contributed by atoms with Gasteiger partial charge in [-0.05, 0) is 30.3 Å². The molecule has 0 radical (unpaired) electrons. The van der Waals surface area contributed by atoms with Crippen LogP contribution < -0.4 is 10.1 Å². The minimum absolute atomic E-state index is 0.469. The van der Waals surface area contributed by atoms with Crippen LogP contribution in [-0.4, -0.2) is 24.3 Å². The molecule has 1 N–H and O–H groups in total. The van der Waals surface area contributed by atoms with Crippen LogP contribution in [-0.2, 0) is 14.1 Å². The SMILES string of the molecule is Cn1ncc2c(Oc3ccc(Nc4ncnc5cc(Cl)n(C)c45)cc3Cl)cccc21. The lowest BCUT2D eigenvalue weighted by molar-refractivity contribution is 0.488. The third-order valence-electron chi connectivity index (χ3n) is 4.93. The lowest BCUT2D eigenvalue weighted by Gasteiger charge is -2.12. The van der Waals surface area contributed by atoms with Crippen molar-refractivity contribution in [2.24, 2.45) is 14.1 Å². The number of rotatable bonds is 4. The number of aryl methyl sites for hydroxylation is 2. The number of nitrogens with zero attached hydrogens (tertiary/aromatic N) is 5. The molecule has 30 heavy (non-hydrogen) atoms. The molecular weight excluding hydrogens is 423 g/mol. The summed E-state index contributed by atoms with van der Waals surface area (Å²) < 4.78 is 9.70. The first kappa shape index (κ1) is 18.7. The highest BCUT2D eigenvalue weighted by Crippen LogP contribution is 2.36. The molecule has 0 amide bonds. The zero-order valence-corrected chi connectivity index (χ0v) is 17.6. The van der Waals surface area contributed by atoms with Crippen LogP contribution in [0.3, 0.4) is 0 Å². The number of hydrogen-bond donors (Lipinski definition) is 1. The molecule has 7 nitrogen and oxygen atoms in total. The second-order valence-electron chi connectivity index (χ2n) is 6.81. The number of ether oxygens (including phenoxy) is 1. The Kier molecular flexibility index (Phi) is 4.49. The average molecular weight is 439 g/mol. The summed E-state index contributed by atoms with van der Waals surface area (Å²) >= 11 is 12.7. The molecule has 5 rings (SSSR count). The van der Waals surface area contributed by atoms with Gasteiger partial charge in [-0.2, -0.15) is 5.10 Å². The molecule has 0 aliphatic carbocycles. The summed E-state index contributed by atoms with van der Waals surface area (Å²) in [7, 11) is 3.76. The van der Waals surface area contributed by atoms with Crippen molar-refractivity contribution in [2.45, 2.75) is 0 Å². The van der Waals surface area contributed by atoms with Gasteiger partial charge in [0.15, 0.2) is 5.82 Å². The van der Waals surface area contributed by atoms with Gasteiger partial charge in [0.25, 0.3) is 0 Å². The molecular formula is C21H16Cl2N6O. The molecule has 9 heteroatoms. The Labute approximate surface area is 181 Å². The molecule has 0 spiro atoms. The number of benzene rings is 2. The molecule has 5 aromatic rings. The molecule has 0 aliphatic rings. The zero-order valence-electron chi connectivity index (χ0n) is 16.1. The van der Waals surface area contributed by atoms with E-state index in [1.54, 1.807) is 23.0 Å². The van der Waals surface area contributed by atoms with Gasteiger partial charge < -0.3 is 14.6 Å². The van der Waals surface area contributed by atoms with Crippen molar-refractivity contribution >= 4 is 56.6 Å². The predicted molar refractivity (Wildman–Crippen MR) is 119 cm³/mol. The normalized spacial score (nSPS) is 11.3. The van der Waals surface area contributed by atoms with Crippen LogP contribution in [0.2, 0.25) is 10.2 Å². The third-order valence-corrected chi connectivity index (χ3v) is 5.59. The Balaban J connectivity index is 1.45. The van der Waals surface area contributed by atoms with E-state index in [1.807, 2.05) is 49.0 Å². The van der Waals surface area contributed by atoms with Crippen LogP contribution in [0.15, 0.2) is 55.0 Å². The minimum Gasteiger partial charge on any atom is -0.455 e. The maximum Gasteiger partial charge on any atom is 0.158 e. The van der Waals surface area contributed by atoms with E-state index < -0.39 is 0 Å². The van der Waals surface area contributed by atoms with E-state index in [9.17, 15) is 0 Å². The molecule has 3 aromatic heterocycles. The zero-order chi connectivity index (χ0) is 20.8. The smallest absolute Gasteiger partial charge is 0.158 e. The lowest BCUT2D eigenvalue weighted by Crippen LogP contribution is -1.99. The molecule has 0 fully saturated rings. The molecule has 150 valence electrons. The van der Waals surface area contributed by atoms with E-state index in [0.29, 0.717) is 27.5 Å². The Morgan fingerprint density at radius 2 is 1.87 bits per heavy atom. The molecule has 0 saturated heterocycles. The van der Waals surface area contributed by atoms with Crippen LogP contribution in [0.25, 0.3) is 21.9 Å². The quantitative estimate of drug-likeness (QED) is 0.389. The number of aromatic nitrogens is 5.